The zero-order valence-corrected chi connectivity index (χ0v) is 20.8. The van der Waals surface area contributed by atoms with E-state index in [0.29, 0.717) is 17.0 Å². The molecule has 1 saturated heterocycles. The van der Waals surface area contributed by atoms with Crippen LogP contribution in [-0.2, 0) is 25.8 Å². The molecule has 5 rings (SSSR count). The molecule has 1 fully saturated rings. The number of hydrogen-bond donors (Lipinski definition) is 3. The van der Waals surface area contributed by atoms with Crippen molar-refractivity contribution in [2.45, 2.75) is 18.0 Å². The van der Waals surface area contributed by atoms with Crippen LogP contribution in [0.5, 0.6) is 0 Å². The summed E-state index contributed by atoms with van der Waals surface area (Å²) in [6.45, 7) is 0.233. The Morgan fingerprint density at radius 3 is 2.92 bits per heavy atom. The first-order chi connectivity index (χ1) is 17.9. The third-order valence-electron chi connectivity index (χ3n) is 5.55. The van der Waals surface area contributed by atoms with E-state index in [9.17, 15) is 19.5 Å². The molecule has 0 aliphatic carbocycles. The Bertz CT molecular complexity index is 1430. The second-order valence-electron chi connectivity index (χ2n) is 7.87. The number of amides is 2. The van der Waals surface area contributed by atoms with E-state index in [0.717, 1.165) is 17.1 Å². The molecule has 16 heteroatoms. The smallest absolute Gasteiger partial charge is 0.352 e. The Kier molecular flexibility index (Phi) is 6.58. The minimum Gasteiger partial charge on any atom is -0.477 e. The van der Waals surface area contributed by atoms with E-state index >= 15 is 0 Å². The number of anilines is 1. The van der Waals surface area contributed by atoms with E-state index in [4.69, 9.17) is 10.6 Å². The van der Waals surface area contributed by atoms with Crippen LogP contribution in [0.4, 0.5) is 5.13 Å². The molecule has 3 aromatic rings. The van der Waals surface area contributed by atoms with Gasteiger partial charge in [0.15, 0.2) is 5.13 Å². The van der Waals surface area contributed by atoms with E-state index in [1.165, 1.54) is 23.8 Å². The van der Waals surface area contributed by atoms with E-state index in [1.54, 1.807) is 35.6 Å². The number of aromatic nitrogens is 5. The molecule has 0 bridgehead atoms. The van der Waals surface area contributed by atoms with Crippen molar-refractivity contribution in [2.24, 2.45) is 5.16 Å². The molecule has 190 valence electrons. The number of fused-ring (bicyclic) bond motifs is 1. The summed E-state index contributed by atoms with van der Waals surface area (Å²) in [5.41, 5.74) is 7.31. The number of imidazole rings is 1. The number of rotatable bonds is 8. The summed E-state index contributed by atoms with van der Waals surface area (Å²) < 4.78 is 5.71. The van der Waals surface area contributed by atoms with Gasteiger partial charge >= 0.3 is 5.97 Å². The average molecular weight is 542 g/mol. The Labute approximate surface area is 217 Å². The van der Waals surface area contributed by atoms with Gasteiger partial charge in [-0.15, -0.1) is 11.8 Å². The van der Waals surface area contributed by atoms with Gasteiger partial charge < -0.3 is 25.6 Å². The summed E-state index contributed by atoms with van der Waals surface area (Å²) in [5.74, 6) is -2.22. The zero-order valence-electron chi connectivity index (χ0n) is 19.1. The Morgan fingerprint density at radius 1 is 1.41 bits per heavy atom. The van der Waals surface area contributed by atoms with Gasteiger partial charge in [0, 0.05) is 48.0 Å². The standard InChI is InChI=1S/C21H19N9O5S2/c1-35-27-13(16-26-21(22)37-28-16)17(31)25-14-18(32)30-15(20(33)34)11(8-36-19(14)30)6-29-7-12(24-9-29)10-3-2-4-23-5-10/h2-5,7,9,14,19H,6,8H2,1H3,(H,25,31)(H,33,34)(H2,22,26,28)/b27-13-/t14-,19?/m1/s1. The Balaban J connectivity index is 1.33. The summed E-state index contributed by atoms with van der Waals surface area (Å²) in [5, 5.41) is 15.7. The fourth-order valence-electron chi connectivity index (χ4n) is 3.95. The molecule has 14 nitrogen and oxygen atoms in total. The van der Waals surface area contributed by atoms with Gasteiger partial charge in [0.2, 0.25) is 11.5 Å². The highest BCUT2D eigenvalue weighted by molar-refractivity contribution is 8.00. The molecule has 2 aliphatic rings. The van der Waals surface area contributed by atoms with E-state index in [2.05, 4.69) is 29.8 Å². The normalized spacial score (nSPS) is 19.3. The Morgan fingerprint density at radius 2 is 2.24 bits per heavy atom. The van der Waals surface area contributed by atoms with Crippen LogP contribution < -0.4 is 11.1 Å². The van der Waals surface area contributed by atoms with Gasteiger partial charge in [-0.1, -0.05) is 5.16 Å². The van der Waals surface area contributed by atoms with Gasteiger partial charge in [0.1, 0.15) is 24.2 Å². The van der Waals surface area contributed by atoms with Crippen molar-refractivity contribution in [1.82, 2.24) is 34.1 Å². The fraction of sp³-hybridized carbons (Fsp3) is 0.238. The highest BCUT2D eigenvalue weighted by Crippen LogP contribution is 2.40. The van der Waals surface area contributed by atoms with Gasteiger partial charge in [0.25, 0.3) is 11.8 Å². The van der Waals surface area contributed by atoms with Crippen LogP contribution in [0.1, 0.15) is 5.82 Å². The Hall–Kier alpha value is -4.31. The first kappa shape index (κ1) is 24.4. The summed E-state index contributed by atoms with van der Waals surface area (Å²) in [6, 6.07) is 2.71. The number of carbonyl (C=O) groups excluding carboxylic acids is 2. The maximum absolute atomic E-state index is 13.0. The van der Waals surface area contributed by atoms with Crippen molar-refractivity contribution >= 4 is 51.9 Å². The molecule has 5 heterocycles. The monoisotopic (exact) mass is 541 g/mol. The first-order valence-electron chi connectivity index (χ1n) is 10.7. The van der Waals surface area contributed by atoms with Crippen LogP contribution in [0.15, 0.2) is 53.5 Å². The predicted molar refractivity (Wildman–Crippen MR) is 133 cm³/mol. The van der Waals surface area contributed by atoms with Gasteiger partial charge in [-0.25, -0.2) is 9.78 Å². The molecule has 2 amide bonds. The molecule has 4 N–H and O–H groups in total. The lowest BCUT2D eigenvalue weighted by atomic mass is 10.0. The largest absolute Gasteiger partial charge is 0.477 e. The van der Waals surface area contributed by atoms with Crippen LogP contribution in [0.3, 0.4) is 0 Å². The van der Waals surface area contributed by atoms with Crippen molar-refractivity contribution in [1.29, 1.82) is 0 Å². The highest BCUT2D eigenvalue weighted by Gasteiger charge is 2.54. The molecule has 1 unspecified atom stereocenters. The lowest BCUT2D eigenvalue weighted by Crippen LogP contribution is -2.71. The minimum absolute atomic E-state index is 0.0406. The molecular formula is C21H19N9O5S2. The van der Waals surface area contributed by atoms with Crippen molar-refractivity contribution in [3.05, 3.63) is 54.1 Å². The van der Waals surface area contributed by atoms with Crippen molar-refractivity contribution in [2.75, 3.05) is 18.6 Å². The molecule has 0 spiro atoms. The quantitative estimate of drug-likeness (QED) is 0.200. The van der Waals surface area contributed by atoms with Crippen molar-refractivity contribution < 1.29 is 24.3 Å². The second-order valence-corrected chi connectivity index (χ2v) is 9.76. The lowest BCUT2D eigenvalue weighted by Gasteiger charge is -2.49. The highest BCUT2D eigenvalue weighted by atomic mass is 32.2. The van der Waals surface area contributed by atoms with Gasteiger partial charge in [-0.2, -0.15) is 9.36 Å². The number of carboxylic acid groups (broad SMARTS) is 1. The minimum atomic E-state index is -1.23. The van der Waals surface area contributed by atoms with Crippen molar-refractivity contribution in [3.63, 3.8) is 0 Å². The lowest BCUT2D eigenvalue weighted by molar-refractivity contribution is -0.150. The number of thioether (sulfide) groups is 1. The number of carbonyl (C=O) groups is 3. The number of pyridine rings is 1. The fourth-order valence-corrected chi connectivity index (χ4v) is 5.72. The van der Waals surface area contributed by atoms with Crippen LogP contribution in [0.25, 0.3) is 11.3 Å². The first-order valence-corrected chi connectivity index (χ1v) is 12.5. The second kappa shape index (κ2) is 9.98. The van der Waals surface area contributed by atoms with E-state index in [-0.39, 0.29) is 28.9 Å². The van der Waals surface area contributed by atoms with Crippen molar-refractivity contribution in [3.8, 4) is 11.3 Å². The molecule has 2 atom stereocenters. The van der Waals surface area contributed by atoms with E-state index < -0.39 is 29.2 Å². The number of nitrogens with one attached hydrogen (secondary N) is 1. The van der Waals surface area contributed by atoms with E-state index in [1.807, 2.05) is 6.07 Å². The molecule has 2 aliphatic heterocycles. The molecule has 0 radical (unpaired) electrons. The third kappa shape index (κ3) is 4.63. The van der Waals surface area contributed by atoms with Gasteiger partial charge in [0.05, 0.1) is 12.0 Å². The van der Waals surface area contributed by atoms with Gasteiger partial charge in [-0.05, 0) is 17.7 Å². The number of oxime groups is 1. The SMILES string of the molecule is CO/N=C(\C(=O)N[C@@H]1C(=O)N2C(C(=O)O)=C(Cn3cnc(-c4cccnc4)c3)CSC12)c1nsc(N)n1. The molecular weight excluding hydrogens is 522 g/mol. The van der Waals surface area contributed by atoms with Crippen LogP contribution in [0.2, 0.25) is 0 Å². The summed E-state index contributed by atoms with van der Waals surface area (Å²) >= 11 is 2.23. The average Bonchev–Trinajstić information content (AvgIpc) is 3.54. The zero-order chi connectivity index (χ0) is 26.1. The predicted octanol–water partition coefficient (Wildman–Crippen LogP) is 0.168. The summed E-state index contributed by atoms with van der Waals surface area (Å²) in [6.07, 6.45) is 6.74. The van der Waals surface area contributed by atoms with Crippen LogP contribution >= 0.6 is 23.3 Å². The van der Waals surface area contributed by atoms with Crippen LogP contribution in [0, 0.1) is 0 Å². The summed E-state index contributed by atoms with van der Waals surface area (Å²) in [7, 11) is 1.25. The number of nitrogen functional groups attached to an aromatic ring is 1. The molecule has 37 heavy (non-hydrogen) atoms. The molecule has 0 aromatic carbocycles. The van der Waals surface area contributed by atoms with Crippen LogP contribution in [-0.4, -0.2) is 81.7 Å². The molecule has 0 saturated carbocycles. The maximum Gasteiger partial charge on any atom is 0.352 e. The number of aliphatic carboxylic acids is 1. The topological polar surface area (TPSA) is 191 Å². The third-order valence-corrected chi connectivity index (χ3v) is 7.43. The number of nitrogens with two attached hydrogens (primary N) is 1. The maximum atomic E-state index is 13.0. The van der Waals surface area contributed by atoms with Gasteiger partial charge in [-0.3, -0.25) is 19.5 Å². The number of hydrogen-bond acceptors (Lipinski definition) is 12. The number of nitrogens with zero attached hydrogens (tertiary/aromatic N) is 7. The molecule has 3 aromatic heterocycles. The number of carboxylic acids is 1. The summed E-state index contributed by atoms with van der Waals surface area (Å²) in [4.78, 5) is 56.3. The number of β-lactam (4-membered cyclic amide) rings is 1.